The van der Waals surface area contributed by atoms with Crippen molar-refractivity contribution in [1.29, 1.82) is 0 Å². The molecular weight excluding hydrogens is 264 g/mol. The van der Waals surface area contributed by atoms with E-state index in [0.29, 0.717) is 12.6 Å². The maximum Gasteiger partial charge on any atom is 0.238 e. The van der Waals surface area contributed by atoms with Crippen molar-refractivity contribution in [3.05, 3.63) is 42.0 Å². The summed E-state index contributed by atoms with van der Waals surface area (Å²) < 4.78 is 2.03. The smallest absolute Gasteiger partial charge is 0.238 e. The van der Waals surface area contributed by atoms with E-state index in [-0.39, 0.29) is 5.91 Å². The van der Waals surface area contributed by atoms with Crippen LogP contribution in [0.2, 0.25) is 0 Å². The van der Waals surface area contributed by atoms with E-state index in [4.69, 9.17) is 0 Å². The summed E-state index contributed by atoms with van der Waals surface area (Å²) >= 11 is 0. The highest BCUT2D eigenvalue weighted by atomic mass is 16.1. The van der Waals surface area contributed by atoms with Crippen LogP contribution >= 0.6 is 0 Å². The van der Waals surface area contributed by atoms with Crippen LogP contribution in [-0.4, -0.2) is 28.0 Å². The minimum atomic E-state index is -0.0360. The summed E-state index contributed by atoms with van der Waals surface area (Å²) in [6, 6.07) is 8.04. The van der Waals surface area contributed by atoms with Gasteiger partial charge in [-0.3, -0.25) is 4.79 Å². The van der Waals surface area contributed by atoms with Gasteiger partial charge in [0.1, 0.15) is 0 Å². The van der Waals surface area contributed by atoms with Crippen LogP contribution in [0.1, 0.15) is 25.2 Å². The fraction of sp³-hybridized carbons (Fsp3) is 0.375. The lowest BCUT2D eigenvalue weighted by Crippen LogP contribution is -2.32. The number of carbonyl (C=O) groups excluding carboxylic acids is 1. The molecule has 1 amide bonds. The second-order valence-corrected chi connectivity index (χ2v) is 5.42. The Hall–Kier alpha value is -2.14. The van der Waals surface area contributed by atoms with E-state index in [1.165, 1.54) is 0 Å². The minimum absolute atomic E-state index is 0.0360. The summed E-state index contributed by atoms with van der Waals surface area (Å²) in [7, 11) is 0. The molecule has 0 atom stereocenters. The van der Waals surface area contributed by atoms with Gasteiger partial charge in [0.2, 0.25) is 5.91 Å². The molecule has 5 heteroatoms. The third-order valence-corrected chi connectivity index (χ3v) is 3.35. The van der Waals surface area contributed by atoms with Crippen molar-refractivity contribution in [3.63, 3.8) is 0 Å². The van der Waals surface area contributed by atoms with E-state index in [1.807, 2.05) is 62.9 Å². The van der Waals surface area contributed by atoms with Gasteiger partial charge in [-0.2, -0.15) is 0 Å². The van der Waals surface area contributed by atoms with E-state index in [1.54, 1.807) is 0 Å². The van der Waals surface area contributed by atoms with Crippen molar-refractivity contribution in [2.75, 3.05) is 11.9 Å². The van der Waals surface area contributed by atoms with Gasteiger partial charge in [0.25, 0.3) is 0 Å². The van der Waals surface area contributed by atoms with Crippen LogP contribution < -0.4 is 10.6 Å². The average molecular weight is 286 g/mol. The third-order valence-electron chi connectivity index (χ3n) is 3.35. The Kier molecular flexibility index (Phi) is 4.75. The topological polar surface area (TPSA) is 59.0 Å². The van der Waals surface area contributed by atoms with Crippen LogP contribution in [0.25, 0.3) is 5.69 Å². The van der Waals surface area contributed by atoms with Gasteiger partial charge in [0, 0.05) is 23.1 Å². The number of anilines is 1. The molecule has 0 radical (unpaired) electrons. The van der Waals surface area contributed by atoms with Gasteiger partial charge in [-0.25, -0.2) is 4.98 Å². The lowest BCUT2D eigenvalue weighted by Gasteiger charge is -2.10. The SMILES string of the molecule is Cc1ncn(-c2ccc(NC(=O)CNC(C)C)cc2)c1C. The molecule has 1 aromatic heterocycles. The number of nitrogens with one attached hydrogen (secondary N) is 2. The zero-order valence-electron chi connectivity index (χ0n) is 13.0. The van der Waals surface area contributed by atoms with Gasteiger partial charge in [-0.1, -0.05) is 13.8 Å². The molecule has 0 aliphatic heterocycles. The van der Waals surface area contributed by atoms with Gasteiger partial charge in [-0.05, 0) is 38.1 Å². The molecular formula is C16H22N4O. The predicted octanol–water partition coefficient (Wildman–Crippen LogP) is 2.43. The number of hydrogen-bond donors (Lipinski definition) is 2. The molecule has 0 saturated carbocycles. The molecule has 0 fully saturated rings. The summed E-state index contributed by atoms with van der Waals surface area (Å²) in [4.78, 5) is 16.0. The number of benzene rings is 1. The number of nitrogens with zero attached hydrogens (tertiary/aromatic N) is 2. The zero-order valence-corrected chi connectivity index (χ0v) is 13.0. The summed E-state index contributed by atoms with van der Waals surface area (Å²) in [6.45, 7) is 8.37. The number of imidazole rings is 1. The van der Waals surface area contributed by atoms with Gasteiger partial charge in [0.15, 0.2) is 0 Å². The minimum Gasteiger partial charge on any atom is -0.325 e. The van der Waals surface area contributed by atoms with Crippen molar-refractivity contribution in [2.24, 2.45) is 0 Å². The molecule has 2 aromatic rings. The van der Waals surface area contributed by atoms with Gasteiger partial charge < -0.3 is 15.2 Å². The van der Waals surface area contributed by atoms with Crippen LogP contribution in [0.4, 0.5) is 5.69 Å². The molecule has 2 N–H and O–H groups in total. The standard InChI is InChI=1S/C16H22N4O/c1-11(2)17-9-16(21)19-14-5-7-15(8-6-14)20-10-18-12(3)13(20)4/h5-8,10-11,17H,9H2,1-4H3,(H,19,21). The van der Waals surface area contributed by atoms with Crippen molar-refractivity contribution < 1.29 is 4.79 Å². The summed E-state index contributed by atoms with van der Waals surface area (Å²) in [5, 5.41) is 5.96. The zero-order chi connectivity index (χ0) is 15.4. The highest BCUT2D eigenvalue weighted by molar-refractivity contribution is 5.92. The first-order valence-corrected chi connectivity index (χ1v) is 7.11. The molecule has 0 bridgehead atoms. The molecule has 0 aliphatic rings. The highest BCUT2D eigenvalue weighted by Crippen LogP contribution is 2.16. The Bertz CT molecular complexity index is 614. The second kappa shape index (κ2) is 6.54. The summed E-state index contributed by atoms with van der Waals surface area (Å²) in [5.74, 6) is -0.0360. The predicted molar refractivity (Wildman–Crippen MR) is 84.8 cm³/mol. The molecule has 0 unspecified atom stereocenters. The van der Waals surface area contributed by atoms with E-state index in [9.17, 15) is 4.79 Å². The molecule has 112 valence electrons. The van der Waals surface area contributed by atoms with E-state index < -0.39 is 0 Å². The highest BCUT2D eigenvalue weighted by Gasteiger charge is 2.06. The summed E-state index contributed by atoms with van der Waals surface area (Å²) in [6.07, 6.45) is 1.81. The Morgan fingerprint density at radius 3 is 2.43 bits per heavy atom. The van der Waals surface area contributed by atoms with Gasteiger partial charge >= 0.3 is 0 Å². The quantitative estimate of drug-likeness (QED) is 0.887. The number of rotatable bonds is 5. The Labute approximate surface area is 125 Å². The molecule has 2 rings (SSSR count). The molecule has 5 nitrogen and oxygen atoms in total. The fourth-order valence-electron chi connectivity index (χ4n) is 1.97. The number of hydrogen-bond acceptors (Lipinski definition) is 3. The normalized spacial score (nSPS) is 10.9. The van der Waals surface area contributed by atoms with Crippen molar-refractivity contribution in [2.45, 2.75) is 33.7 Å². The average Bonchev–Trinajstić information content (AvgIpc) is 2.78. The lowest BCUT2D eigenvalue weighted by atomic mass is 10.2. The number of carbonyl (C=O) groups is 1. The lowest BCUT2D eigenvalue weighted by molar-refractivity contribution is -0.115. The summed E-state index contributed by atoms with van der Waals surface area (Å²) in [5.41, 5.74) is 3.97. The van der Waals surface area contributed by atoms with Crippen LogP contribution in [0, 0.1) is 13.8 Å². The van der Waals surface area contributed by atoms with Gasteiger partial charge in [-0.15, -0.1) is 0 Å². The number of aryl methyl sites for hydroxylation is 1. The maximum absolute atomic E-state index is 11.7. The van der Waals surface area contributed by atoms with Crippen molar-refractivity contribution in [1.82, 2.24) is 14.9 Å². The number of amides is 1. The monoisotopic (exact) mass is 286 g/mol. The first-order chi connectivity index (χ1) is 9.97. The molecule has 1 aromatic carbocycles. The van der Waals surface area contributed by atoms with Crippen LogP contribution in [0.15, 0.2) is 30.6 Å². The van der Waals surface area contributed by atoms with Crippen LogP contribution in [0.5, 0.6) is 0 Å². The van der Waals surface area contributed by atoms with Crippen molar-refractivity contribution in [3.8, 4) is 5.69 Å². The molecule has 21 heavy (non-hydrogen) atoms. The molecule has 0 aliphatic carbocycles. The van der Waals surface area contributed by atoms with E-state index in [2.05, 4.69) is 15.6 Å². The van der Waals surface area contributed by atoms with Crippen LogP contribution in [-0.2, 0) is 4.79 Å². The fourth-order valence-corrected chi connectivity index (χ4v) is 1.97. The van der Waals surface area contributed by atoms with E-state index in [0.717, 1.165) is 22.8 Å². The Morgan fingerprint density at radius 1 is 1.24 bits per heavy atom. The van der Waals surface area contributed by atoms with Crippen LogP contribution in [0.3, 0.4) is 0 Å². The number of aromatic nitrogens is 2. The first kappa shape index (κ1) is 15.3. The molecule has 0 spiro atoms. The second-order valence-electron chi connectivity index (χ2n) is 5.42. The van der Waals surface area contributed by atoms with Gasteiger partial charge in [0.05, 0.1) is 18.6 Å². The Morgan fingerprint density at radius 2 is 1.90 bits per heavy atom. The van der Waals surface area contributed by atoms with E-state index >= 15 is 0 Å². The Balaban J connectivity index is 2.02. The molecule has 0 saturated heterocycles. The van der Waals surface area contributed by atoms with Crippen molar-refractivity contribution >= 4 is 11.6 Å². The largest absolute Gasteiger partial charge is 0.325 e. The maximum atomic E-state index is 11.7. The first-order valence-electron chi connectivity index (χ1n) is 7.11. The third kappa shape index (κ3) is 3.92. The molecule has 1 heterocycles.